The third-order valence-electron chi connectivity index (χ3n) is 11.3. The van der Waals surface area contributed by atoms with E-state index in [4.69, 9.17) is 14.2 Å². The molecular formula is C43H48BrN3O8. The van der Waals surface area contributed by atoms with Crippen LogP contribution in [0.4, 0.5) is 5.69 Å². The average Bonchev–Trinajstić information content (AvgIpc) is 3.81. The lowest BCUT2D eigenvalue weighted by atomic mass is 9.70. The van der Waals surface area contributed by atoms with E-state index in [1.165, 1.54) is 9.80 Å². The Kier molecular flexibility index (Phi) is 12.3. The van der Waals surface area contributed by atoms with Crippen LogP contribution in [0.5, 0.6) is 5.75 Å². The Bertz CT molecular complexity index is 1880. The normalized spacial score (nSPS) is 25.4. The molecule has 12 heteroatoms. The minimum Gasteiger partial charge on any atom is -0.497 e. The summed E-state index contributed by atoms with van der Waals surface area (Å²) in [5.41, 5.74) is 0.398. The number of hydrogen-bond donors (Lipinski definition) is 1. The van der Waals surface area contributed by atoms with Crippen LogP contribution in [0, 0.1) is 11.8 Å². The lowest BCUT2D eigenvalue weighted by Crippen LogP contribution is -2.57. The number of aliphatic hydroxyl groups excluding tert-OH is 1. The number of amides is 3. The molecule has 0 aliphatic carbocycles. The second-order valence-corrected chi connectivity index (χ2v) is 15.5. The highest BCUT2D eigenvalue weighted by atomic mass is 79.9. The van der Waals surface area contributed by atoms with Crippen molar-refractivity contribution in [2.75, 3.05) is 32.2 Å². The molecule has 9 atom stereocenters. The number of anilines is 1. The zero-order chi connectivity index (χ0) is 39.4. The van der Waals surface area contributed by atoms with Crippen LogP contribution in [0.3, 0.4) is 0 Å². The molecule has 6 rings (SSSR count). The van der Waals surface area contributed by atoms with Gasteiger partial charge in [-0.2, -0.15) is 0 Å². The molecule has 2 bridgehead atoms. The first kappa shape index (κ1) is 39.9. The van der Waals surface area contributed by atoms with Crippen molar-refractivity contribution in [1.82, 2.24) is 9.80 Å². The van der Waals surface area contributed by atoms with Gasteiger partial charge in [-0.15, -0.1) is 13.2 Å². The molecule has 3 fully saturated rings. The van der Waals surface area contributed by atoms with Crippen molar-refractivity contribution in [2.45, 2.75) is 66.9 Å². The number of carbonyl (C=O) groups excluding carboxylic acids is 4. The molecule has 0 radical (unpaired) electrons. The number of benzene rings is 3. The van der Waals surface area contributed by atoms with Crippen molar-refractivity contribution in [1.29, 1.82) is 0 Å². The number of rotatable bonds is 16. The second kappa shape index (κ2) is 16.9. The average molecular weight is 815 g/mol. The van der Waals surface area contributed by atoms with E-state index in [1.54, 1.807) is 79.7 Å². The number of halogens is 1. The van der Waals surface area contributed by atoms with Gasteiger partial charge in [0.25, 0.3) is 5.91 Å². The van der Waals surface area contributed by atoms with Crippen LogP contribution < -0.4 is 9.64 Å². The smallest absolute Gasteiger partial charge is 0.313 e. The van der Waals surface area contributed by atoms with E-state index in [-0.39, 0.29) is 25.3 Å². The molecule has 3 aliphatic rings. The van der Waals surface area contributed by atoms with Crippen molar-refractivity contribution in [2.24, 2.45) is 11.8 Å². The van der Waals surface area contributed by atoms with Gasteiger partial charge in [-0.3, -0.25) is 19.2 Å². The topological polar surface area (TPSA) is 126 Å². The largest absolute Gasteiger partial charge is 0.497 e. The number of alkyl halides is 1. The fourth-order valence-corrected chi connectivity index (χ4v) is 9.41. The highest BCUT2D eigenvalue weighted by molar-refractivity contribution is 9.09. The minimum atomic E-state index is -1.45. The van der Waals surface area contributed by atoms with Crippen LogP contribution in [-0.4, -0.2) is 94.5 Å². The van der Waals surface area contributed by atoms with Gasteiger partial charge in [-0.05, 0) is 55.2 Å². The molecular weight excluding hydrogens is 766 g/mol. The number of carbonyl (C=O) groups is 4. The van der Waals surface area contributed by atoms with Crippen LogP contribution in [0.2, 0.25) is 0 Å². The van der Waals surface area contributed by atoms with Crippen molar-refractivity contribution in [3.8, 4) is 5.75 Å². The molecule has 0 saturated carbocycles. The number of nitrogens with zero attached hydrogens (tertiary/aromatic N) is 3. The van der Waals surface area contributed by atoms with Gasteiger partial charge in [-0.25, -0.2) is 0 Å². The molecule has 11 nitrogen and oxygen atoms in total. The Morgan fingerprint density at radius 2 is 1.65 bits per heavy atom. The number of aliphatic hydroxyl groups is 1. The number of allylic oxidation sites excluding steroid dienone is 1. The second-order valence-electron chi connectivity index (χ2n) is 14.3. The molecule has 3 aromatic rings. The summed E-state index contributed by atoms with van der Waals surface area (Å²) in [5, 5.41) is 11.0. The van der Waals surface area contributed by atoms with Gasteiger partial charge in [-0.1, -0.05) is 88.7 Å². The first-order valence-corrected chi connectivity index (χ1v) is 19.4. The molecule has 290 valence electrons. The number of esters is 1. The maximum absolute atomic E-state index is 15.2. The van der Waals surface area contributed by atoms with Crippen molar-refractivity contribution >= 4 is 45.3 Å². The van der Waals surface area contributed by atoms with Gasteiger partial charge in [0.1, 0.15) is 23.5 Å². The molecule has 3 aliphatic heterocycles. The summed E-state index contributed by atoms with van der Waals surface area (Å²) in [5.74, 6) is -3.34. The third-order valence-corrected chi connectivity index (χ3v) is 12.1. The molecule has 1 N–H and O–H groups in total. The van der Waals surface area contributed by atoms with E-state index in [0.29, 0.717) is 29.0 Å². The standard InChI is InChI=1S/C43H48BrN3O8/c1-6-8-19-34(49)45(4)27(3)37(29-17-13-10-14-18-29)54-42(52)35-36-40(50)47(33(26-48)28-15-11-9-12-16-28)39(43(36)25-32(44)38(35)55-43)41(51)46(24-7-2)30-20-22-31(53-5)23-21-30/h6-7,9-18,20-23,27,32-33,35-39,48H,1-2,8,19,24-26H2,3-5H3/t27-,32?,33+,35+,36-,37+,38+,39+,43-/m0/s1. The fourth-order valence-electron chi connectivity index (χ4n) is 8.47. The Labute approximate surface area is 330 Å². The van der Waals surface area contributed by atoms with Crippen molar-refractivity contribution in [3.05, 3.63) is 121 Å². The van der Waals surface area contributed by atoms with Gasteiger partial charge in [0.2, 0.25) is 11.8 Å². The Morgan fingerprint density at radius 3 is 2.24 bits per heavy atom. The third kappa shape index (κ3) is 7.35. The lowest BCUT2D eigenvalue weighted by molar-refractivity contribution is -0.165. The molecule has 3 saturated heterocycles. The number of hydrogen-bond acceptors (Lipinski definition) is 8. The first-order valence-electron chi connectivity index (χ1n) is 18.5. The zero-order valence-corrected chi connectivity index (χ0v) is 32.9. The van der Waals surface area contributed by atoms with E-state index >= 15 is 9.59 Å². The Morgan fingerprint density at radius 1 is 1.02 bits per heavy atom. The molecule has 3 heterocycles. The minimum absolute atomic E-state index is 0.113. The molecule has 3 amide bonds. The van der Waals surface area contributed by atoms with E-state index in [2.05, 4.69) is 29.1 Å². The Balaban J connectivity index is 1.42. The quantitative estimate of drug-likeness (QED) is 0.110. The summed E-state index contributed by atoms with van der Waals surface area (Å²) in [6.07, 6.45) is 2.61. The van der Waals surface area contributed by atoms with E-state index in [0.717, 1.165) is 0 Å². The first-order chi connectivity index (χ1) is 26.5. The summed E-state index contributed by atoms with van der Waals surface area (Å²) >= 11 is 3.76. The maximum Gasteiger partial charge on any atom is 0.313 e. The molecule has 1 unspecified atom stereocenters. The van der Waals surface area contributed by atoms with E-state index in [9.17, 15) is 14.7 Å². The van der Waals surface area contributed by atoms with E-state index in [1.807, 2.05) is 43.3 Å². The number of likely N-dealkylation sites (N-methyl/N-ethyl adjacent to an activating group) is 1. The number of ether oxygens (including phenoxy) is 3. The van der Waals surface area contributed by atoms with Crippen LogP contribution in [-0.2, 0) is 28.7 Å². The number of methoxy groups -OCH3 is 1. The van der Waals surface area contributed by atoms with Crippen molar-refractivity contribution in [3.63, 3.8) is 0 Å². The van der Waals surface area contributed by atoms with Crippen LogP contribution in [0.1, 0.15) is 49.5 Å². The van der Waals surface area contributed by atoms with E-state index < -0.39 is 77.0 Å². The Hall–Kier alpha value is -4.78. The summed E-state index contributed by atoms with van der Waals surface area (Å²) in [7, 11) is 3.23. The molecule has 3 aromatic carbocycles. The van der Waals surface area contributed by atoms with Gasteiger partial charge >= 0.3 is 5.97 Å². The zero-order valence-electron chi connectivity index (χ0n) is 31.3. The highest BCUT2D eigenvalue weighted by Crippen LogP contribution is 2.61. The van der Waals surface area contributed by atoms with Gasteiger partial charge in [0.05, 0.1) is 43.7 Å². The SMILES string of the molecule is C=CCCC(=O)N(C)[C@@H](C)[C@@H](OC(=O)[C@H]1[C@@H]2O[C@@]3(CC2Br)[C@@H]1C(=O)N([C@H](CO)c1ccccc1)[C@@H]3C(=O)N(CC=C)c1ccc(OC)cc1)c1ccccc1. The van der Waals surface area contributed by atoms with Gasteiger partial charge in [0.15, 0.2) is 0 Å². The molecule has 1 spiro atoms. The number of likely N-dealkylation sites (tertiary alicyclic amines) is 1. The van der Waals surface area contributed by atoms with Crippen LogP contribution in [0.25, 0.3) is 0 Å². The summed E-state index contributed by atoms with van der Waals surface area (Å²) in [6, 6.07) is 22.5. The number of fused-ring (bicyclic) bond motifs is 1. The van der Waals surface area contributed by atoms with Gasteiger partial charge < -0.3 is 34.0 Å². The molecule has 0 aromatic heterocycles. The molecule has 55 heavy (non-hydrogen) atoms. The van der Waals surface area contributed by atoms with Crippen LogP contribution in [0.15, 0.2) is 110 Å². The lowest BCUT2D eigenvalue weighted by Gasteiger charge is -2.39. The summed E-state index contributed by atoms with van der Waals surface area (Å²) in [4.78, 5) is 62.3. The highest BCUT2D eigenvalue weighted by Gasteiger charge is 2.78. The monoisotopic (exact) mass is 813 g/mol. The summed E-state index contributed by atoms with van der Waals surface area (Å²) in [6.45, 7) is 9.07. The maximum atomic E-state index is 15.2. The van der Waals surface area contributed by atoms with Crippen LogP contribution >= 0.6 is 15.9 Å². The van der Waals surface area contributed by atoms with Gasteiger partial charge in [0, 0.05) is 30.5 Å². The predicted molar refractivity (Wildman–Crippen MR) is 211 cm³/mol. The fraction of sp³-hybridized carbons (Fsp3) is 0.395. The van der Waals surface area contributed by atoms with Crippen molar-refractivity contribution < 1.29 is 38.5 Å². The predicted octanol–water partition coefficient (Wildman–Crippen LogP) is 5.79. The summed E-state index contributed by atoms with van der Waals surface area (Å²) < 4.78 is 18.6.